The molecule has 1 N–H and O–H groups in total. The van der Waals surface area contributed by atoms with E-state index in [1.54, 1.807) is 0 Å². The smallest absolute Gasteiger partial charge is 0.0745 e. The maximum Gasteiger partial charge on any atom is 0.0745 e. The second kappa shape index (κ2) is 6.53. The number of hydrogen-bond donors (Lipinski definition) is 1. The molecule has 0 radical (unpaired) electrons. The summed E-state index contributed by atoms with van der Waals surface area (Å²) in [5.41, 5.74) is 0. The Morgan fingerprint density at radius 3 is 2.78 bits per heavy atom. The Labute approximate surface area is 116 Å². The highest BCUT2D eigenvalue weighted by Crippen LogP contribution is 2.31. The highest BCUT2D eigenvalue weighted by molar-refractivity contribution is 5.85. The van der Waals surface area contributed by atoms with Gasteiger partial charge in [0.25, 0.3) is 0 Å². The summed E-state index contributed by atoms with van der Waals surface area (Å²) >= 11 is 0. The highest BCUT2D eigenvalue weighted by Gasteiger charge is 2.39. The first kappa shape index (κ1) is 14.5. The number of hydrogen-bond acceptors (Lipinski definition) is 4. The van der Waals surface area contributed by atoms with E-state index >= 15 is 0 Å². The molecule has 4 nitrogen and oxygen atoms in total. The topological polar surface area (TPSA) is 27.7 Å². The molecule has 0 bridgehead atoms. The molecule has 0 aliphatic carbocycles. The number of fused-ring (bicyclic) bond motifs is 1. The Morgan fingerprint density at radius 1 is 1.22 bits per heavy atom. The molecular formula is C13H26ClN3O. The minimum Gasteiger partial charge on any atom is -0.376 e. The van der Waals surface area contributed by atoms with Gasteiger partial charge in [-0.2, -0.15) is 0 Å². The van der Waals surface area contributed by atoms with Gasteiger partial charge in [-0.1, -0.05) is 0 Å². The van der Waals surface area contributed by atoms with Crippen LogP contribution in [-0.2, 0) is 4.74 Å². The van der Waals surface area contributed by atoms with Crippen molar-refractivity contribution in [3.8, 4) is 0 Å². The van der Waals surface area contributed by atoms with Crippen LogP contribution in [0.4, 0.5) is 0 Å². The normalized spacial score (nSPS) is 38.2. The van der Waals surface area contributed by atoms with E-state index in [1.807, 2.05) is 0 Å². The molecule has 5 heteroatoms. The second-order valence-corrected chi connectivity index (χ2v) is 5.89. The maximum absolute atomic E-state index is 6.03. The third-order valence-electron chi connectivity index (χ3n) is 4.71. The number of nitrogens with zero attached hydrogens (tertiary/aromatic N) is 2. The van der Waals surface area contributed by atoms with Gasteiger partial charge in [0, 0.05) is 45.2 Å². The van der Waals surface area contributed by atoms with E-state index in [2.05, 4.69) is 22.2 Å². The Hall–Kier alpha value is 0.130. The third kappa shape index (κ3) is 3.17. The van der Waals surface area contributed by atoms with Gasteiger partial charge in [0.2, 0.25) is 0 Å². The number of halogens is 1. The van der Waals surface area contributed by atoms with Gasteiger partial charge in [0.05, 0.1) is 12.7 Å². The van der Waals surface area contributed by atoms with Crippen molar-refractivity contribution >= 4 is 12.4 Å². The molecule has 0 spiro atoms. The molecule has 3 fully saturated rings. The van der Waals surface area contributed by atoms with Gasteiger partial charge >= 0.3 is 0 Å². The summed E-state index contributed by atoms with van der Waals surface area (Å²) < 4.78 is 6.03. The van der Waals surface area contributed by atoms with Crippen LogP contribution >= 0.6 is 12.4 Å². The summed E-state index contributed by atoms with van der Waals surface area (Å²) in [4.78, 5) is 5.00. The second-order valence-electron chi connectivity index (χ2n) is 5.89. The molecule has 0 unspecified atom stereocenters. The molecule has 0 amide bonds. The lowest BCUT2D eigenvalue weighted by molar-refractivity contribution is 0.0392. The standard InChI is InChI=1S/C13H25N3O.ClH/c1-15-4-6-16(7-5-15)9-13-12-8-14-3-2-11(12)10-17-13;/h11-14H,2-10H2,1H3;1H/t11-,12-,13+;/m0./s1. The minimum absolute atomic E-state index is 0. The first-order valence-electron chi connectivity index (χ1n) is 7.06. The van der Waals surface area contributed by atoms with Crippen LogP contribution in [0.3, 0.4) is 0 Å². The zero-order valence-corrected chi connectivity index (χ0v) is 12.1. The molecule has 3 aliphatic rings. The molecule has 0 aromatic rings. The van der Waals surface area contributed by atoms with Crippen LogP contribution in [0.15, 0.2) is 0 Å². The summed E-state index contributed by atoms with van der Waals surface area (Å²) in [7, 11) is 2.21. The summed E-state index contributed by atoms with van der Waals surface area (Å²) in [5.74, 6) is 1.59. The van der Waals surface area contributed by atoms with E-state index < -0.39 is 0 Å². The van der Waals surface area contributed by atoms with Crippen LogP contribution < -0.4 is 5.32 Å². The van der Waals surface area contributed by atoms with Crippen molar-refractivity contribution in [2.24, 2.45) is 11.8 Å². The molecule has 3 aliphatic heterocycles. The Balaban J connectivity index is 0.00000120. The average Bonchev–Trinajstić information content (AvgIpc) is 2.76. The van der Waals surface area contributed by atoms with Crippen LogP contribution in [0.1, 0.15) is 6.42 Å². The fraction of sp³-hybridized carbons (Fsp3) is 1.00. The van der Waals surface area contributed by atoms with Crippen LogP contribution in [0.25, 0.3) is 0 Å². The van der Waals surface area contributed by atoms with Gasteiger partial charge < -0.3 is 15.0 Å². The lowest BCUT2D eigenvalue weighted by atomic mass is 9.85. The van der Waals surface area contributed by atoms with Gasteiger partial charge in [0.15, 0.2) is 0 Å². The third-order valence-corrected chi connectivity index (χ3v) is 4.71. The van der Waals surface area contributed by atoms with Gasteiger partial charge in [-0.05, 0) is 25.9 Å². The molecule has 3 heterocycles. The van der Waals surface area contributed by atoms with E-state index in [1.165, 1.54) is 45.7 Å². The summed E-state index contributed by atoms with van der Waals surface area (Å²) in [6.07, 6.45) is 1.79. The maximum atomic E-state index is 6.03. The van der Waals surface area contributed by atoms with Crippen LogP contribution in [-0.4, -0.2) is 75.4 Å². The number of likely N-dealkylation sites (N-methyl/N-ethyl adjacent to an activating group) is 1. The fourth-order valence-electron chi connectivity index (χ4n) is 3.42. The van der Waals surface area contributed by atoms with Gasteiger partial charge in [-0.25, -0.2) is 0 Å². The zero-order chi connectivity index (χ0) is 11.7. The van der Waals surface area contributed by atoms with Crippen molar-refractivity contribution in [2.75, 3.05) is 59.5 Å². The zero-order valence-electron chi connectivity index (χ0n) is 11.3. The van der Waals surface area contributed by atoms with E-state index in [-0.39, 0.29) is 12.4 Å². The van der Waals surface area contributed by atoms with E-state index in [9.17, 15) is 0 Å². The first-order valence-corrected chi connectivity index (χ1v) is 7.06. The van der Waals surface area contributed by atoms with Crippen molar-refractivity contribution in [3.05, 3.63) is 0 Å². The molecule has 0 aromatic carbocycles. The minimum atomic E-state index is 0. The summed E-state index contributed by atoms with van der Waals surface area (Å²) in [5, 5.41) is 3.52. The largest absolute Gasteiger partial charge is 0.376 e. The van der Waals surface area contributed by atoms with Crippen molar-refractivity contribution in [1.29, 1.82) is 0 Å². The van der Waals surface area contributed by atoms with Crippen LogP contribution in [0.2, 0.25) is 0 Å². The molecule has 0 saturated carbocycles. The molecule has 18 heavy (non-hydrogen) atoms. The van der Waals surface area contributed by atoms with Gasteiger partial charge in [-0.15, -0.1) is 12.4 Å². The number of rotatable bonds is 2. The molecular weight excluding hydrogens is 250 g/mol. The predicted molar refractivity (Wildman–Crippen MR) is 75.4 cm³/mol. The molecule has 106 valence electrons. The Morgan fingerprint density at radius 2 is 2.00 bits per heavy atom. The summed E-state index contributed by atoms with van der Waals surface area (Å²) in [6, 6.07) is 0. The van der Waals surface area contributed by atoms with E-state index in [0.29, 0.717) is 6.10 Å². The van der Waals surface area contributed by atoms with Crippen LogP contribution in [0, 0.1) is 11.8 Å². The monoisotopic (exact) mass is 275 g/mol. The van der Waals surface area contributed by atoms with Crippen molar-refractivity contribution < 1.29 is 4.74 Å². The fourth-order valence-corrected chi connectivity index (χ4v) is 3.42. The summed E-state index contributed by atoms with van der Waals surface area (Å²) in [6.45, 7) is 9.34. The average molecular weight is 276 g/mol. The lowest BCUT2D eigenvalue weighted by Crippen LogP contribution is -2.49. The molecule has 0 aromatic heterocycles. The number of piperidine rings is 1. The van der Waals surface area contributed by atoms with E-state index in [4.69, 9.17) is 4.74 Å². The van der Waals surface area contributed by atoms with Gasteiger partial charge in [-0.3, -0.25) is 4.90 Å². The number of piperazine rings is 1. The predicted octanol–water partition coefficient (Wildman–Crippen LogP) is 0.280. The van der Waals surface area contributed by atoms with Crippen molar-refractivity contribution in [1.82, 2.24) is 15.1 Å². The van der Waals surface area contributed by atoms with E-state index in [0.717, 1.165) is 25.0 Å². The molecule has 3 rings (SSSR count). The first-order chi connectivity index (χ1) is 8.33. The van der Waals surface area contributed by atoms with Crippen LogP contribution in [0.5, 0.6) is 0 Å². The lowest BCUT2D eigenvalue weighted by Gasteiger charge is -2.36. The highest BCUT2D eigenvalue weighted by atomic mass is 35.5. The Bertz CT molecular complexity index is 259. The SMILES string of the molecule is CN1CCN(C[C@H]2OC[C@@H]3CCNC[C@@H]32)CC1.Cl. The van der Waals surface area contributed by atoms with Crippen molar-refractivity contribution in [3.63, 3.8) is 0 Å². The quantitative estimate of drug-likeness (QED) is 0.784. The molecule has 3 atom stereocenters. The number of ether oxygens (including phenoxy) is 1. The Kier molecular flexibility index (Phi) is 5.27. The number of nitrogens with one attached hydrogen (secondary N) is 1. The van der Waals surface area contributed by atoms with Crippen molar-refractivity contribution in [2.45, 2.75) is 12.5 Å². The van der Waals surface area contributed by atoms with Gasteiger partial charge in [0.1, 0.15) is 0 Å². The molecule has 3 saturated heterocycles.